The summed E-state index contributed by atoms with van der Waals surface area (Å²) < 4.78 is 0. The summed E-state index contributed by atoms with van der Waals surface area (Å²) in [5, 5.41) is 0. The molecule has 2 heteroatoms. The zero-order valence-corrected chi connectivity index (χ0v) is 22.6. The molecule has 0 radical (unpaired) electrons. The van der Waals surface area contributed by atoms with Crippen LogP contribution in [-0.2, 0) is 0 Å². The van der Waals surface area contributed by atoms with E-state index in [1.807, 2.05) is 0 Å². The molecule has 0 N–H and O–H groups in total. The molecule has 0 aromatic carbocycles. The third-order valence-electron chi connectivity index (χ3n) is 7.32. The Morgan fingerprint density at radius 3 is 1.09 bits per heavy atom. The smallest absolute Gasteiger partial charge is 0.101 e. The average Bonchev–Trinajstić information content (AvgIpc) is 3.18. The molecule has 1 aliphatic heterocycles. The van der Waals surface area contributed by atoms with Crippen LogP contribution in [0.15, 0.2) is 12.4 Å². The SMILES string of the molecule is CCCCCCCCCCN1C=CN(CCCCCCCCC)C1CCCCCCCC. The second kappa shape index (κ2) is 22.1. The number of hydrogen-bond donors (Lipinski definition) is 0. The first-order chi connectivity index (χ1) is 15.8. The van der Waals surface area contributed by atoms with Gasteiger partial charge in [-0.05, 0) is 25.7 Å². The van der Waals surface area contributed by atoms with Gasteiger partial charge >= 0.3 is 0 Å². The molecule has 0 aromatic rings. The van der Waals surface area contributed by atoms with E-state index in [-0.39, 0.29) is 0 Å². The molecule has 0 bridgehead atoms. The van der Waals surface area contributed by atoms with Gasteiger partial charge in [-0.3, -0.25) is 0 Å². The Labute approximate surface area is 203 Å². The monoisotopic (exact) mass is 448 g/mol. The van der Waals surface area contributed by atoms with Crippen LogP contribution in [0.25, 0.3) is 0 Å². The lowest BCUT2D eigenvalue weighted by Crippen LogP contribution is -2.39. The van der Waals surface area contributed by atoms with Crippen molar-refractivity contribution in [2.24, 2.45) is 0 Å². The van der Waals surface area contributed by atoms with Crippen molar-refractivity contribution in [3.05, 3.63) is 12.4 Å². The summed E-state index contributed by atoms with van der Waals surface area (Å²) in [5.74, 6) is 0. The summed E-state index contributed by atoms with van der Waals surface area (Å²) >= 11 is 0. The van der Waals surface area contributed by atoms with E-state index in [2.05, 4.69) is 43.0 Å². The zero-order chi connectivity index (χ0) is 23.1. The second-order valence-corrected chi connectivity index (χ2v) is 10.4. The van der Waals surface area contributed by atoms with E-state index in [0.717, 1.165) is 0 Å². The Balaban J connectivity index is 2.28. The van der Waals surface area contributed by atoms with Gasteiger partial charge in [-0.2, -0.15) is 0 Å². The van der Waals surface area contributed by atoms with Crippen LogP contribution in [0.1, 0.15) is 162 Å². The molecule has 0 saturated heterocycles. The van der Waals surface area contributed by atoms with Crippen LogP contribution in [-0.4, -0.2) is 29.1 Å². The summed E-state index contributed by atoms with van der Waals surface area (Å²) in [6.45, 7) is 9.46. The van der Waals surface area contributed by atoms with E-state index in [4.69, 9.17) is 0 Å². The molecular formula is C30H60N2. The fourth-order valence-electron chi connectivity index (χ4n) is 5.13. The molecule has 1 heterocycles. The Morgan fingerprint density at radius 1 is 0.406 bits per heavy atom. The third-order valence-corrected chi connectivity index (χ3v) is 7.32. The Morgan fingerprint density at radius 2 is 0.719 bits per heavy atom. The lowest BCUT2D eigenvalue weighted by atomic mass is 10.1. The standard InChI is InChI=1S/C30H60N2/c1-4-7-10-13-16-18-21-24-27-32-29-28-31(26-23-20-17-14-11-8-5-2)30(32)25-22-19-15-12-9-6-3/h28-30H,4-27H2,1-3H3. The van der Waals surface area contributed by atoms with Gasteiger partial charge in [0.2, 0.25) is 0 Å². The first-order valence-corrected chi connectivity index (χ1v) is 15.0. The van der Waals surface area contributed by atoms with Gasteiger partial charge in [0.15, 0.2) is 0 Å². The minimum atomic E-state index is 0.644. The highest BCUT2D eigenvalue weighted by Gasteiger charge is 2.24. The molecule has 0 fully saturated rings. The van der Waals surface area contributed by atoms with Crippen LogP contribution < -0.4 is 0 Å². The fourth-order valence-corrected chi connectivity index (χ4v) is 5.13. The highest BCUT2D eigenvalue weighted by Crippen LogP contribution is 2.24. The van der Waals surface area contributed by atoms with E-state index < -0.39 is 0 Å². The van der Waals surface area contributed by atoms with Gasteiger partial charge in [0, 0.05) is 25.5 Å². The number of unbranched alkanes of at least 4 members (excludes halogenated alkanes) is 18. The molecule has 0 aliphatic carbocycles. The molecule has 0 aromatic heterocycles. The summed E-state index contributed by atoms with van der Waals surface area (Å²) in [7, 11) is 0. The lowest BCUT2D eigenvalue weighted by Gasteiger charge is -2.33. The van der Waals surface area contributed by atoms with E-state index >= 15 is 0 Å². The minimum Gasteiger partial charge on any atom is -0.356 e. The van der Waals surface area contributed by atoms with Crippen molar-refractivity contribution in [3.8, 4) is 0 Å². The van der Waals surface area contributed by atoms with Crippen molar-refractivity contribution in [2.75, 3.05) is 13.1 Å². The van der Waals surface area contributed by atoms with Crippen LogP contribution in [0, 0.1) is 0 Å². The zero-order valence-electron chi connectivity index (χ0n) is 22.6. The molecule has 1 rings (SSSR count). The van der Waals surface area contributed by atoms with Crippen LogP contribution in [0.5, 0.6) is 0 Å². The Kier molecular flexibility index (Phi) is 20.3. The predicted molar refractivity (Wildman–Crippen MR) is 145 cm³/mol. The van der Waals surface area contributed by atoms with Gasteiger partial charge < -0.3 is 9.80 Å². The summed E-state index contributed by atoms with van der Waals surface area (Å²) in [5.41, 5.74) is 0. The molecule has 1 atom stereocenters. The van der Waals surface area contributed by atoms with Crippen molar-refractivity contribution < 1.29 is 0 Å². The van der Waals surface area contributed by atoms with Gasteiger partial charge in [-0.25, -0.2) is 0 Å². The predicted octanol–water partition coefficient (Wildman–Crippen LogP) is 10.0. The highest BCUT2D eigenvalue weighted by molar-refractivity contribution is 4.97. The lowest BCUT2D eigenvalue weighted by molar-refractivity contribution is 0.135. The molecule has 0 saturated carbocycles. The topological polar surface area (TPSA) is 6.48 Å². The fraction of sp³-hybridized carbons (Fsp3) is 0.933. The third kappa shape index (κ3) is 15.2. The molecular weight excluding hydrogens is 388 g/mol. The van der Waals surface area contributed by atoms with Gasteiger partial charge in [-0.1, -0.05) is 136 Å². The van der Waals surface area contributed by atoms with E-state index in [1.54, 1.807) is 0 Å². The second-order valence-electron chi connectivity index (χ2n) is 10.4. The first-order valence-electron chi connectivity index (χ1n) is 15.0. The molecule has 1 unspecified atom stereocenters. The van der Waals surface area contributed by atoms with Crippen molar-refractivity contribution in [3.63, 3.8) is 0 Å². The van der Waals surface area contributed by atoms with Crippen molar-refractivity contribution in [1.29, 1.82) is 0 Å². The van der Waals surface area contributed by atoms with Gasteiger partial charge in [0.05, 0.1) is 0 Å². The van der Waals surface area contributed by atoms with Crippen molar-refractivity contribution >= 4 is 0 Å². The number of hydrogen-bond acceptors (Lipinski definition) is 2. The molecule has 2 nitrogen and oxygen atoms in total. The molecule has 32 heavy (non-hydrogen) atoms. The van der Waals surface area contributed by atoms with Crippen molar-refractivity contribution in [2.45, 2.75) is 168 Å². The van der Waals surface area contributed by atoms with Gasteiger partial charge in [0.1, 0.15) is 6.17 Å². The Hall–Kier alpha value is -0.660. The number of rotatable bonds is 24. The highest BCUT2D eigenvalue weighted by atomic mass is 15.4. The van der Waals surface area contributed by atoms with Gasteiger partial charge in [-0.15, -0.1) is 0 Å². The molecule has 0 spiro atoms. The molecule has 190 valence electrons. The van der Waals surface area contributed by atoms with Crippen LogP contribution in [0.3, 0.4) is 0 Å². The Bertz CT molecular complexity index is 406. The maximum Gasteiger partial charge on any atom is 0.101 e. The first kappa shape index (κ1) is 29.4. The summed E-state index contributed by atoms with van der Waals surface area (Å²) in [4.78, 5) is 5.37. The van der Waals surface area contributed by atoms with E-state index in [0.29, 0.717) is 6.17 Å². The number of nitrogens with zero attached hydrogens (tertiary/aromatic N) is 2. The molecule has 0 amide bonds. The van der Waals surface area contributed by atoms with Crippen LogP contribution in [0.4, 0.5) is 0 Å². The maximum atomic E-state index is 2.68. The minimum absolute atomic E-state index is 0.644. The van der Waals surface area contributed by atoms with E-state index in [9.17, 15) is 0 Å². The maximum absolute atomic E-state index is 2.68. The van der Waals surface area contributed by atoms with Crippen molar-refractivity contribution in [1.82, 2.24) is 9.80 Å². The van der Waals surface area contributed by atoms with E-state index in [1.165, 1.54) is 154 Å². The largest absolute Gasteiger partial charge is 0.356 e. The molecule has 1 aliphatic rings. The van der Waals surface area contributed by atoms with Crippen LogP contribution >= 0.6 is 0 Å². The van der Waals surface area contributed by atoms with Gasteiger partial charge in [0.25, 0.3) is 0 Å². The summed E-state index contributed by atoms with van der Waals surface area (Å²) in [6, 6.07) is 0. The summed E-state index contributed by atoms with van der Waals surface area (Å²) in [6.07, 6.45) is 36.5. The average molecular weight is 449 g/mol. The quantitative estimate of drug-likeness (QED) is 0.135. The normalized spacial score (nSPS) is 15.9. The van der Waals surface area contributed by atoms with Crippen LogP contribution in [0.2, 0.25) is 0 Å².